The normalized spacial score (nSPS) is 21.8. The highest BCUT2D eigenvalue weighted by atomic mass is 19.1. The van der Waals surface area contributed by atoms with Crippen LogP contribution in [0.2, 0.25) is 0 Å². The molecule has 0 spiro atoms. The van der Waals surface area contributed by atoms with Crippen LogP contribution in [0.4, 0.5) is 20.6 Å². The Morgan fingerprint density at radius 3 is 2.81 bits per heavy atom. The Bertz CT molecular complexity index is 779. The number of carbonyl (C=O) groups excluding carboxylic acids is 1. The Balaban J connectivity index is 1.50. The number of piperazine rings is 1. The minimum absolute atomic E-state index is 0.0965. The van der Waals surface area contributed by atoms with Crippen molar-refractivity contribution in [2.75, 3.05) is 42.5 Å². The first kappa shape index (κ1) is 16.8. The fraction of sp³-hybridized carbons (Fsp3) is 0.412. The first-order valence-electron chi connectivity index (χ1n) is 8.45. The van der Waals surface area contributed by atoms with Crippen molar-refractivity contribution in [2.45, 2.75) is 12.2 Å². The van der Waals surface area contributed by atoms with E-state index in [1.165, 1.54) is 23.3 Å². The van der Waals surface area contributed by atoms with Gasteiger partial charge in [0.25, 0.3) is 0 Å². The maximum atomic E-state index is 14.6. The van der Waals surface area contributed by atoms with Crippen LogP contribution in [0, 0.1) is 5.82 Å². The van der Waals surface area contributed by atoms with Crippen LogP contribution >= 0.6 is 0 Å². The van der Waals surface area contributed by atoms with E-state index in [0.29, 0.717) is 11.4 Å². The zero-order chi connectivity index (χ0) is 18.1. The van der Waals surface area contributed by atoms with Crippen molar-refractivity contribution >= 4 is 17.5 Å². The molecule has 0 aliphatic carbocycles. The number of hydrogen-bond acceptors (Lipinski definition) is 7. The molecule has 0 bridgehead atoms. The summed E-state index contributed by atoms with van der Waals surface area (Å²) in [5, 5.41) is 17.1. The number of nitrogens with one attached hydrogen (secondary N) is 1. The molecule has 8 nitrogen and oxygen atoms in total. The largest absolute Gasteiger partial charge is 0.441 e. The summed E-state index contributed by atoms with van der Waals surface area (Å²) in [7, 11) is 0. The highest BCUT2D eigenvalue weighted by Crippen LogP contribution is 2.31. The van der Waals surface area contributed by atoms with Gasteiger partial charge >= 0.3 is 6.09 Å². The zero-order valence-electron chi connectivity index (χ0n) is 14.0. The Hall–Kier alpha value is -2.65. The van der Waals surface area contributed by atoms with Crippen molar-refractivity contribution < 1.29 is 23.6 Å². The molecule has 1 aromatic carbocycles. The maximum Gasteiger partial charge on any atom is 0.414 e. The predicted molar refractivity (Wildman–Crippen MR) is 90.6 cm³/mol. The molecule has 2 atom stereocenters. The molecule has 4 rings (SSSR count). The van der Waals surface area contributed by atoms with E-state index in [4.69, 9.17) is 9.26 Å². The standard InChI is InChI=1S/C17H19FN4O4/c18-12-9-11(1-2-14(12)21-6-4-19-5-7-21)22-10-15(26-17(22)24)16(23)13-3-8-25-20-13/h1-3,8-9,15-16,19,23H,4-7,10H2. The summed E-state index contributed by atoms with van der Waals surface area (Å²) in [4.78, 5) is 15.4. The number of amides is 1. The lowest BCUT2D eigenvalue weighted by Crippen LogP contribution is -2.43. The van der Waals surface area contributed by atoms with Gasteiger partial charge in [-0.15, -0.1) is 0 Å². The molecule has 0 saturated carbocycles. The third-order valence-electron chi connectivity index (χ3n) is 4.65. The molecule has 9 heteroatoms. The van der Waals surface area contributed by atoms with Gasteiger partial charge in [0.2, 0.25) is 0 Å². The number of aliphatic hydroxyl groups excluding tert-OH is 1. The van der Waals surface area contributed by atoms with Gasteiger partial charge in [-0.05, 0) is 18.2 Å². The number of ether oxygens (including phenoxy) is 1. The lowest BCUT2D eigenvalue weighted by molar-refractivity contribution is 0.0277. The van der Waals surface area contributed by atoms with Gasteiger partial charge in [-0.1, -0.05) is 5.16 Å². The molecule has 26 heavy (non-hydrogen) atoms. The van der Waals surface area contributed by atoms with Crippen LogP contribution < -0.4 is 15.1 Å². The average molecular weight is 362 g/mol. The second-order valence-electron chi connectivity index (χ2n) is 6.27. The Kier molecular flexibility index (Phi) is 4.48. The predicted octanol–water partition coefficient (Wildman–Crippen LogP) is 1.28. The van der Waals surface area contributed by atoms with E-state index in [1.54, 1.807) is 12.1 Å². The van der Waals surface area contributed by atoms with Crippen molar-refractivity contribution in [1.82, 2.24) is 10.5 Å². The topological polar surface area (TPSA) is 91.1 Å². The number of aromatic nitrogens is 1. The van der Waals surface area contributed by atoms with Crippen molar-refractivity contribution in [3.8, 4) is 0 Å². The molecule has 2 aliphatic rings. The molecule has 138 valence electrons. The smallest absolute Gasteiger partial charge is 0.414 e. The van der Waals surface area contributed by atoms with Gasteiger partial charge in [0.1, 0.15) is 23.9 Å². The average Bonchev–Trinajstić information content (AvgIpc) is 3.32. The highest BCUT2D eigenvalue weighted by Gasteiger charge is 2.38. The van der Waals surface area contributed by atoms with Crippen LogP contribution in [0.5, 0.6) is 0 Å². The number of benzene rings is 1. The molecule has 1 aromatic heterocycles. The van der Waals surface area contributed by atoms with Crippen LogP contribution in [0.3, 0.4) is 0 Å². The van der Waals surface area contributed by atoms with Crippen LogP contribution in [0.15, 0.2) is 35.1 Å². The number of carbonyl (C=O) groups is 1. The highest BCUT2D eigenvalue weighted by molar-refractivity contribution is 5.90. The molecule has 2 saturated heterocycles. The second-order valence-corrected chi connectivity index (χ2v) is 6.27. The molecule has 2 aliphatic heterocycles. The first-order chi connectivity index (χ1) is 12.6. The first-order valence-corrected chi connectivity index (χ1v) is 8.45. The van der Waals surface area contributed by atoms with E-state index in [-0.39, 0.29) is 12.2 Å². The Morgan fingerprint density at radius 1 is 1.31 bits per heavy atom. The van der Waals surface area contributed by atoms with Gasteiger partial charge in [0, 0.05) is 32.2 Å². The molecule has 2 aromatic rings. The minimum atomic E-state index is -1.10. The molecule has 2 unspecified atom stereocenters. The van der Waals surface area contributed by atoms with Crippen molar-refractivity contribution in [3.05, 3.63) is 42.0 Å². The summed E-state index contributed by atoms with van der Waals surface area (Å²) in [6.07, 6.45) is -1.21. The number of aliphatic hydroxyl groups is 1. The van der Waals surface area contributed by atoms with E-state index in [9.17, 15) is 14.3 Å². The minimum Gasteiger partial charge on any atom is -0.441 e. The summed E-state index contributed by atoms with van der Waals surface area (Å²) in [5.74, 6) is -0.391. The number of anilines is 2. The van der Waals surface area contributed by atoms with E-state index in [2.05, 4.69) is 10.5 Å². The van der Waals surface area contributed by atoms with Crippen LogP contribution in [0.1, 0.15) is 11.8 Å². The van der Waals surface area contributed by atoms with Gasteiger partial charge in [-0.25, -0.2) is 9.18 Å². The van der Waals surface area contributed by atoms with E-state index >= 15 is 0 Å². The Labute approximate surface area is 149 Å². The molecule has 0 radical (unpaired) electrons. The van der Waals surface area contributed by atoms with Gasteiger partial charge < -0.3 is 24.6 Å². The van der Waals surface area contributed by atoms with Crippen LogP contribution in [0.25, 0.3) is 0 Å². The SMILES string of the molecule is O=C1OC(C(O)c2ccon2)CN1c1ccc(N2CCNCC2)c(F)c1. The third kappa shape index (κ3) is 3.11. The number of nitrogens with zero attached hydrogens (tertiary/aromatic N) is 3. The van der Waals surface area contributed by atoms with Crippen LogP contribution in [-0.4, -0.2) is 55.2 Å². The number of hydrogen-bond donors (Lipinski definition) is 2. The molecule has 3 heterocycles. The lowest BCUT2D eigenvalue weighted by atomic mass is 10.1. The fourth-order valence-electron chi connectivity index (χ4n) is 3.25. The summed E-state index contributed by atoms with van der Waals surface area (Å²) < 4.78 is 24.5. The fourth-order valence-corrected chi connectivity index (χ4v) is 3.25. The molecular weight excluding hydrogens is 343 g/mol. The molecule has 1 amide bonds. The summed E-state index contributed by atoms with van der Waals surface area (Å²) in [6, 6.07) is 6.18. The third-order valence-corrected chi connectivity index (χ3v) is 4.65. The number of rotatable bonds is 4. The van der Waals surface area contributed by atoms with Gasteiger partial charge in [-0.2, -0.15) is 0 Å². The summed E-state index contributed by atoms with van der Waals surface area (Å²) in [6.45, 7) is 3.17. The number of cyclic esters (lactones) is 1. The maximum absolute atomic E-state index is 14.6. The van der Waals surface area contributed by atoms with Gasteiger partial charge in [0.15, 0.2) is 6.10 Å². The van der Waals surface area contributed by atoms with Gasteiger partial charge in [0.05, 0.1) is 17.9 Å². The molecule has 2 fully saturated rings. The Morgan fingerprint density at radius 2 is 2.12 bits per heavy atom. The zero-order valence-corrected chi connectivity index (χ0v) is 14.0. The second kappa shape index (κ2) is 6.93. The van der Waals surface area contributed by atoms with Gasteiger partial charge in [-0.3, -0.25) is 4.90 Å². The van der Waals surface area contributed by atoms with E-state index in [1.807, 2.05) is 4.90 Å². The summed E-state index contributed by atoms with van der Waals surface area (Å²) >= 11 is 0. The lowest BCUT2D eigenvalue weighted by Gasteiger charge is -2.30. The van der Waals surface area contributed by atoms with Crippen molar-refractivity contribution in [2.24, 2.45) is 0 Å². The van der Waals surface area contributed by atoms with Crippen LogP contribution in [-0.2, 0) is 4.74 Å². The van der Waals surface area contributed by atoms with Crippen molar-refractivity contribution in [1.29, 1.82) is 0 Å². The van der Waals surface area contributed by atoms with Crippen molar-refractivity contribution in [3.63, 3.8) is 0 Å². The van der Waals surface area contributed by atoms with E-state index < -0.39 is 24.1 Å². The quantitative estimate of drug-likeness (QED) is 0.847. The summed E-state index contributed by atoms with van der Waals surface area (Å²) in [5.41, 5.74) is 1.19. The number of halogens is 1. The monoisotopic (exact) mass is 362 g/mol. The van der Waals surface area contributed by atoms with E-state index in [0.717, 1.165) is 26.2 Å². The molecular formula is C17H19FN4O4. The molecule has 2 N–H and O–H groups in total.